The van der Waals surface area contributed by atoms with Crippen LogP contribution in [0.25, 0.3) is 0 Å². The molecule has 0 aliphatic carbocycles. The van der Waals surface area contributed by atoms with Gasteiger partial charge in [0, 0.05) is 6.92 Å². The average Bonchev–Trinajstić information content (AvgIpc) is 1.87. The van der Waals surface area contributed by atoms with Crippen molar-refractivity contribution in [3.8, 4) is 0 Å². The van der Waals surface area contributed by atoms with Gasteiger partial charge in [0.2, 0.25) is 0 Å². The fraction of sp³-hybridized carbons (Fsp3) is 0.500. The second-order valence-electron chi connectivity index (χ2n) is 2.27. The van der Waals surface area contributed by atoms with Gasteiger partial charge < -0.3 is 9.84 Å². The van der Waals surface area contributed by atoms with Crippen molar-refractivity contribution in [1.29, 1.82) is 0 Å². The van der Waals surface area contributed by atoms with Gasteiger partial charge in [-0.2, -0.15) is 0 Å². The summed E-state index contributed by atoms with van der Waals surface area (Å²) < 4.78 is 4.17. The van der Waals surface area contributed by atoms with Crippen LogP contribution >= 0.6 is 0 Å². The number of ether oxygens (including phenoxy) is 1. The maximum Gasteiger partial charge on any atom is 0.307 e. The van der Waals surface area contributed by atoms with Crippen LogP contribution in [0, 0.1) is 5.92 Å². The Bertz CT molecular complexity index is 160. The lowest BCUT2D eigenvalue weighted by Crippen LogP contribution is -2.03. The number of carboxylic acid groups (broad SMARTS) is 1. The van der Waals surface area contributed by atoms with Gasteiger partial charge in [-0.3, -0.25) is 9.59 Å². The van der Waals surface area contributed by atoms with E-state index < -0.39 is 5.97 Å². The third-order valence-electron chi connectivity index (χ3n) is 0.743. The average molecular weight is 174 g/mol. The van der Waals surface area contributed by atoms with Gasteiger partial charge in [0.05, 0.1) is 12.2 Å². The molecular weight excluding hydrogens is 160 g/mol. The van der Waals surface area contributed by atoms with Crippen molar-refractivity contribution >= 4 is 11.9 Å². The van der Waals surface area contributed by atoms with Gasteiger partial charge in [-0.25, -0.2) is 0 Å². The first-order chi connectivity index (χ1) is 5.41. The molecule has 70 valence electrons. The van der Waals surface area contributed by atoms with Crippen LogP contribution in [0.15, 0.2) is 12.8 Å². The van der Waals surface area contributed by atoms with Gasteiger partial charge in [0.1, 0.15) is 0 Å². The number of hydrogen-bond acceptors (Lipinski definition) is 3. The smallest absolute Gasteiger partial charge is 0.307 e. The van der Waals surface area contributed by atoms with E-state index in [1.165, 1.54) is 6.92 Å². The third-order valence-corrected chi connectivity index (χ3v) is 0.743. The molecule has 0 aromatic heterocycles. The molecule has 0 atom stereocenters. The van der Waals surface area contributed by atoms with E-state index in [1.54, 1.807) is 13.8 Å². The van der Waals surface area contributed by atoms with Gasteiger partial charge >= 0.3 is 11.9 Å². The lowest BCUT2D eigenvalue weighted by Gasteiger charge is -1.89. The Morgan fingerprint density at radius 2 is 1.83 bits per heavy atom. The SMILES string of the molecule is C=COC(C)=O.CC(C)C(=O)O. The maximum absolute atomic E-state index is 9.75. The predicted octanol–water partition coefficient (Wildman–Crippen LogP) is 1.42. The molecule has 4 nitrogen and oxygen atoms in total. The molecule has 0 radical (unpaired) electrons. The molecule has 0 unspecified atom stereocenters. The van der Waals surface area contributed by atoms with Gasteiger partial charge in [0.25, 0.3) is 0 Å². The fourth-order valence-corrected chi connectivity index (χ4v) is 0.117. The number of rotatable bonds is 2. The van der Waals surface area contributed by atoms with Crippen LogP contribution < -0.4 is 0 Å². The van der Waals surface area contributed by atoms with E-state index in [9.17, 15) is 9.59 Å². The Morgan fingerprint density at radius 1 is 1.50 bits per heavy atom. The molecule has 0 saturated carbocycles. The Kier molecular flexibility index (Phi) is 8.62. The summed E-state index contributed by atoms with van der Waals surface area (Å²) in [5.74, 6) is -1.30. The number of esters is 1. The molecule has 1 N–H and O–H groups in total. The molecule has 0 saturated heterocycles. The number of aliphatic carboxylic acids is 1. The molecule has 0 bridgehead atoms. The molecule has 0 fully saturated rings. The summed E-state index contributed by atoms with van der Waals surface area (Å²) in [6.07, 6.45) is 1.10. The van der Waals surface area contributed by atoms with Crippen LogP contribution in [0.5, 0.6) is 0 Å². The van der Waals surface area contributed by atoms with E-state index in [0.29, 0.717) is 0 Å². The van der Waals surface area contributed by atoms with Gasteiger partial charge in [-0.1, -0.05) is 20.4 Å². The lowest BCUT2D eigenvalue weighted by atomic mass is 10.2. The molecule has 0 spiro atoms. The molecular formula is C8H14O4. The van der Waals surface area contributed by atoms with Gasteiger partial charge in [-0.05, 0) is 0 Å². The largest absolute Gasteiger partial charge is 0.481 e. The van der Waals surface area contributed by atoms with Crippen LogP contribution in [0.2, 0.25) is 0 Å². The zero-order valence-corrected chi connectivity index (χ0v) is 7.53. The van der Waals surface area contributed by atoms with Crippen LogP contribution in [-0.2, 0) is 14.3 Å². The zero-order valence-electron chi connectivity index (χ0n) is 7.53. The highest BCUT2D eigenvalue weighted by Crippen LogP contribution is 1.87. The molecule has 0 heterocycles. The van der Waals surface area contributed by atoms with Crippen molar-refractivity contribution < 1.29 is 19.4 Å². The van der Waals surface area contributed by atoms with Crippen molar-refractivity contribution in [2.75, 3.05) is 0 Å². The molecule has 0 amide bonds. The highest BCUT2D eigenvalue weighted by molar-refractivity contribution is 5.68. The first-order valence-electron chi connectivity index (χ1n) is 3.42. The van der Waals surface area contributed by atoms with Crippen molar-refractivity contribution in [2.45, 2.75) is 20.8 Å². The van der Waals surface area contributed by atoms with Gasteiger partial charge in [-0.15, -0.1) is 0 Å². The second kappa shape index (κ2) is 7.78. The second-order valence-corrected chi connectivity index (χ2v) is 2.27. The number of carboxylic acids is 1. The summed E-state index contributed by atoms with van der Waals surface area (Å²) in [6.45, 7) is 7.76. The first-order valence-corrected chi connectivity index (χ1v) is 3.42. The van der Waals surface area contributed by atoms with E-state index in [0.717, 1.165) is 6.26 Å². The monoisotopic (exact) mass is 174 g/mol. The molecule has 0 aromatic rings. The summed E-state index contributed by atoms with van der Waals surface area (Å²) in [6, 6.07) is 0. The van der Waals surface area contributed by atoms with E-state index in [-0.39, 0.29) is 11.9 Å². The van der Waals surface area contributed by atoms with E-state index >= 15 is 0 Å². The highest BCUT2D eigenvalue weighted by atomic mass is 16.5. The maximum atomic E-state index is 9.75. The summed E-state index contributed by atoms with van der Waals surface area (Å²) in [5, 5.41) is 7.99. The van der Waals surface area contributed by atoms with Crippen LogP contribution in [0.3, 0.4) is 0 Å². The molecule has 0 rings (SSSR count). The lowest BCUT2D eigenvalue weighted by molar-refractivity contribution is -0.140. The standard InChI is InChI=1S/C4H6O2.C4H8O2/c1-3-6-4(2)5;1-3(2)4(5)6/h3H,1H2,2H3;3H,1-2H3,(H,5,6). The number of carbonyl (C=O) groups excluding carboxylic acids is 1. The van der Waals surface area contributed by atoms with Crippen LogP contribution in [0.4, 0.5) is 0 Å². The minimum absolute atomic E-state index is 0.231. The van der Waals surface area contributed by atoms with E-state index in [2.05, 4.69) is 11.3 Å². The highest BCUT2D eigenvalue weighted by Gasteiger charge is 1.99. The topological polar surface area (TPSA) is 63.6 Å². The van der Waals surface area contributed by atoms with Crippen molar-refractivity contribution in [3.05, 3.63) is 12.8 Å². The van der Waals surface area contributed by atoms with E-state index in [4.69, 9.17) is 5.11 Å². The minimum atomic E-state index is -0.741. The minimum Gasteiger partial charge on any atom is -0.481 e. The molecule has 12 heavy (non-hydrogen) atoms. The normalized spacial score (nSPS) is 8.00. The fourth-order valence-electron chi connectivity index (χ4n) is 0.117. The van der Waals surface area contributed by atoms with Crippen LogP contribution in [-0.4, -0.2) is 17.0 Å². The molecule has 4 heteroatoms. The van der Waals surface area contributed by atoms with Crippen LogP contribution in [0.1, 0.15) is 20.8 Å². The molecule has 0 aliphatic rings. The zero-order chi connectivity index (χ0) is 10.1. The van der Waals surface area contributed by atoms with Crippen molar-refractivity contribution in [3.63, 3.8) is 0 Å². The summed E-state index contributed by atoms with van der Waals surface area (Å²) in [5.41, 5.74) is 0. The Balaban J connectivity index is 0. The quantitative estimate of drug-likeness (QED) is 0.508. The van der Waals surface area contributed by atoms with Gasteiger partial charge in [0.15, 0.2) is 0 Å². The Labute approximate surface area is 71.8 Å². The summed E-state index contributed by atoms with van der Waals surface area (Å²) in [4.78, 5) is 19.4. The molecule has 0 aliphatic heterocycles. The Hall–Kier alpha value is -1.32. The Morgan fingerprint density at radius 3 is 1.83 bits per heavy atom. The van der Waals surface area contributed by atoms with E-state index in [1.807, 2.05) is 0 Å². The molecule has 0 aromatic carbocycles. The van der Waals surface area contributed by atoms with Crippen molar-refractivity contribution in [1.82, 2.24) is 0 Å². The third kappa shape index (κ3) is 15.9. The van der Waals surface area contributed by atoms with Crippen molar-refractivity contribution in [2.24, 2.45) is 5.92 Å². The summed E-state index contributed by atoms with van der Waals surface area (Å²) in [7, 11) is 0. The summed E-state index contributed by atoms with van der Waals surface area (Å²) >= 11 is 0. The first kappa shape index (κ1) is 13.3. The predicted molar refractivity (Wildman–Crippen MR) is 44.4 cm³/mol. The number of carbonyl (C=O) groups is 2. The number of hydrogen-bond donors (Lipinski definition) is 1.